The summed E-state index contributed by atoms with van der Waals surface area (Å²) >= 11 is 3.42. The molecule has 0 radical (unpaired) electrons. The molecule has 4 nitrogen and oxygen atoms in total. The molecule has 21 heavy (non-hydrogen) atoms. The lowest BCUT2D eigenvalue weighted by Gasteiger charge is -2.23. The van der Waals surface area contributed by atoms with E-state index in [-0.39, 0.29) is 23.7 Å². The summed E-state index contributed by atoms with van der Waals surface area (Å²) in [4.78, 5) is 25.5. The van der Waals surface area contributed by atoms with Crippen molar-refractivity contribution < 1.29 is 14.7 Å². The maximum atomic E-state index is 12.8. The van der Waals surface area contributed by atoms with E-state index in [0.29, 0.717) is 13.1 Å². The number of carbonyl (C=O) groups excluding carboxylic acids is 1. The van der Waals surface area contributed by atoms with Gasteiger partial charge in [0.15, 0.2) is 0 Å². The first kappa shape index (κ1) is 14.6. The zero-order chi connectivity index (χ0) is 15.0. The molecule has 1 aliphatic carbocycles. The average Bonchev–Trinajstić information content (AvgIpc) is 3.13. The average molecular weight is 352 g/mol. The number of nitrogens with zero attached hydrogens (tertiary/aromatic N) is 1. The van der Waals surface area contributed by atoms with Crippen molar-refractivity contribution in [3.8, 4) is 0 Å². The monoisotopic (exact) mass is 351 g/mol. The molecule has 2 fully saturated rings. The molecule has 1 N–H and O–H groups in total. The Labute approximate surface area is 132 Å². The first-order valence-electron chi connectivity index (χ1n) is 7.28. The summed E-state index contributed by atoms with van der Waals surface area (Å²) in [6.07, 6.45) is 2.75. The number of hydrogen-bond donors (Lipinski definition) is 1. The van der Waals surface area contributed by atoms with Gasteiger partial charge in [-0.2, -0.15) is 0 Å². The van der Waals surface area contributed by atoms with Crippen molar-refractivity contribution in [2.75, 3.05) is 13.1 Å². The Morgan fingerprint density at radius 3 is 2.52 bits per heavy atom. The Bertz CT molecular complexity index is 565. The number of benzene rings is 1. The number of carbonyl (C=O) groups is 2. The summed E-state index contributed by atoms with van der Waals surface area (Å²) in [5.74, 6) is -0.492. The Balaban J connectivity index is 1.71. The van der Waals surface area contributed by atoms with Gasteiger partial charge in [0, 0.05) is 24.0 Å². The number of carboxylic acid groups (broad SMARTS) is 1. The molecule has 1 saturated heterocycles. The van der Waals surface area contributed by atoms with E-state index in [2.05, 4.69) is 15.9 Å². The number of likely N-dealkylation sites (tertiary alicyclic amines) is 1. The molecule has 1 aromatic carbocycles. The number of halogens is 1. The number of hydrogen-bond acceptors (Lipinski definition) is 2. The first-order chi connectivity index (χ1) is 10.0. The molecular formula is C16H18BrNO3. The second-order valence-electron chi connectivity index (χ2n) is 6.09. The van der Waals surface area contributed by atoms with Crippen LogP contribution in [0.15, 0.2) is 28.7 Å². The predicted molar refractivity (Wildman–Crippen MR) is 82.0 cm³/mol. The lowest BCUT2D eigenvalue weighted by atomic mass is 9.94. The van der Waals surface area contributed by atoms with E-state index in [1.54, 1.807) is 0 Å². The van der Waals surface area contributed by atoms with Crippen molar-refractivity contribution in [2.45, 2.75) is 31.1 Å². The van der Waals surface area contributed by atoms with Crippen molar-refractivity contribution in [2.24, 2.45) is 5.92 Å². The van der Waals surface area contributed by atoms with E-state index < -0.39 is 5.97 Å². The fourth-order valence-corrected chi connectivity index (χ4v) is 3.52. The van der Waals surface area contributed by atoms with Crippen LogP contribution in [-0.2, 0) is 15.0 Å². The van der Waals surface area contributed by atoms with Gasteiger partial charge in [0.2, 0.25) is 5.91 Å². The minimum absolute atomic E-state index is 0.104. The van der Waals surface area contributed by atoms with Gasteiger partial charge in [-0.3, -0.25) is 9.59 Å². The van der Waals surface area contributed by atoms with Crippen LogP contribution in [0.25, 0.3) is 0 Å². The van der Waals surface area contributed by atoms with Crippen molar-refractivity contribution >= 4 is 27.8 Å². The van der Waals surface area contributed by atoms with Crippen LogP contribution in [0.3, 0.4) is 0 Å². The van der Waals surface area contributed by atoms with E-state index >= 15 is 0 Å². The van der Waals surface area contributed by atoms with Gasteiger partial charge in [0.25, 0.3) is 0 Å². The van der Waals surface area contributed by atoms with Crippen molar-refractivity contribution in [3.63, 3.8) is 0 Å². The third kappa shape index (κ3) is 2.84. The van der Waals surface area contributed by atoms with E-state index in [4.69, 9.17) is 5.11 Å². The third-order valence-electron chi connectivity index (χ3n) is 4.59. The molecule has 2 aliphatic rings. The topological polar surface area (TPSA) is 57.6 Å². The third-order valence-corrected chi connectivity index (χ3v) is 5.12. The summed E-state index contributed by atoms with van der Waals surface area (Å²) in [6.45, 7) is 1.28. The van der Waals surface area contributed by atoms with Crippen LogP contribution < -0.4 is 0 Å². The van der Waals surface area contributed by atoms with Crippen molar-refractivity contribution in [1.29, 1.82) is 0 Å². The van der Waals surface area contributed by atoms with Gasteiger partial charge in [0.05, 0.1) is 5.41 Å². The minimum atomic E-state index is -0.775. The molecule has 1 saturated carbocycles. The Kier molecular flexibility index (Phi) is 3.78. The maximum Gasteiger partial charge on any atom is 0.303 e. The molecule has 112 valence electrons. The fourth-order valence-electron chi connectivity index (χ4n) is 3.25. The summed E-state index contributed by atoms with van der Waals surface area (Å²) < 4.78 is 1.01. The number of aliphatic carboxylic acids is 1. The highest BCUT2D eigenvalue weighted by Crippen LogP contribution is 2.50. The smallest absolute Gasteiger partial charge is 0.303 e. The molecule has 1 heterocycles. The summed E-state index contributed by atoms with van der Waals surface area (Å²) in [6, 6.07) is 7.97. The number of amides is 1. The summed E-state index contributed by atoms with van der Waals surface area (Å²) in [5, 5.41) is 8.87. The molecule has 5 heteroatoms. The summed E-state index contributed by atoms with van der Waals surface area (Å²) in [5.41, 5.74) is 0.733. The van der Waals surface area contributed by atoms with E-state index in [1.807, 2.05) is 29.2 Å². The van der Waals surface area contributed by atoms with E-state index in [9.17, 15) is 9.59 Å². The second-order valence-corrected chi connectivity index (χ2v) is 7.01. The van der Waals surface area contributed by atoms with Gasteiger partial charge in [0.1, 0.15) is 0 Å². The normalized spacial score (nSPS) is 23.1. The zero-order valence-corrected chi connectivity index (χ0v) is 13.3. The Hall–Kier alpha value is -1.36. The molecule has 0 aromatic heterocycles. The van der Waals surface area contributed by atoms with Gasteiger partial charge >= 0.3 is 5.97 Å². The number of carboxylic acids is 1. The molecule has 0 bridgehead atoms. The SMILES string of the molecule is O=C(O)CC1CCN(C(=O)C2(c3ccc(Br)cc3)CC2)C1. The molecule has 1 atom stereocenters. The lowest BCUT2D eigenvalue weighted by molar-refractivity contribution is -0.138. The Morgan fingerprint density at radius 1 is 1.29 bits per heavy atom. The van der Waals surface area contributed by atoms with Crippen molar-refractivity contribution in [3.05, 3.63) is 34.3 Å². The molecule has 1 aliphatic heterocycles. The van der Waals surface area contributed by atoms with Gasteiger partial charge in [-0.15, -0.1) is 0 Å². The quantitative estimate of drug-likeness (QED) is 0.907. The molecule has 1 aromatic rings. The van der Waals surface area contributed by atoms with Crippen LogP contribution in [0.2, 0.25) is 0 Å². The highest BCUT2D eigenvalue weighted by atomic mass is 79.9. The maximum absolute atomic E-state index is 12.8. The number of rotatable bonds is 4. The standard InChI is InChI=1S/C16H18BrNO3/c17-13-3-1-12(2-4-13)16(6-7-16)15(21)18-8-5-11(10-18)9-14(19)20/h1-4,11H,5-10H2,(H,19,20). The molecule has 3 rings (SSSR count). The highest BCUT2D eigenvalue weighted by molar-refractivity contribution is 9.10. The largest absolute Gasteiger partial charge is 0.481 e. The van der Waals surface area contributed by atoms with Gasteiger partial charge in [-0.05, 0) is 42.9 Å². The predicted octanol–water partition coefficient (Wildman–Crippen LogP) is 2.80. The lowest BCUT2D eigenvalue weighted by Crippen LogP contribution is -2.38. The summed E-state index contributed by atoms with van der Waals surface area (Å²) in [7, 11) is 0. The van der Waals surface area contributed by atoms with E-state index in [1.165, 1.54) is 0 Å². The zero-order valence-electron chi connectivity index (χ0n) is 11.7. The van der Waals surface area contributed by atoms with Gasteiger partial charge in [-0.25, -0.2) is 0 Å². The molecule has 1 unspecified atom stereocenters. The van der Waals surface area contributed by atoms with Gasteiger partial charge < -0.3 is 10.0 Å². The van der Waals surface area contributed by atoms with Crippen LogP contribution in [0.4, 0.5) is 0 Å². The fraction of sp³-hybridized carbons (Fsp3) is 0.500. The van der Waals surface area contributed by atoms with Crippen LogP contribution in [0, 0.1) is 5.92 Å². The first-order valence-corrected chi connectivity index (χ1v) is 8.08. The van der Waals surface area contributed by atoms with Crippen LogP contribution in [0.1, 0.15) is 31.2 Å². The van der Waals surface area contributed by atoms with Crippen LogP contribution >= 0.6 is 15.9 Å². The van der Waals surface area contributed by atoms with Crippen LogP contribution in [0.5, 0.6) is 0 Å². The molecular weight excluding hydrogens is 334 g/mol. The minimum Gasteiger partial charge on any atom is -0.481 e. The molecule has 1 amide bonds. The Morgan fingerprint density at radius 2 is 1.95 bits per heavy atom. The molecule has 0 spiro atoms. The second kappa shape index (κ2) is 5.44. The van der Waals surface area contributed by atoms with E-state index in [0.717, 1.165) is 29.3 Å². The van der Waals surface area contributed by atoms with Crippen molar-refractivity contribution in [1.82, 2.24) is 4.90 Å². The van der Waals surface area contributed by atoms with Crippen LogP contribution in [-0.4, -0.2) is 35.0 Å². The van der Waals surface area contributed by atoms with Gasteiger partial charge in [-0.1, -0.05) is 28.1 Å². The highest BCUT2D eigenvalue weighted by Gasteiger charge is 2.53.